The van der Waals surface area contributed by atoms with Crippen molar-refractivity contribution in [3.05, 3.63) is 20.8 Å². The number of ether oxygens (including phenoxy) is 2. The van der Waals surface area contributed by atoms with Crippen LogP contribution in [0.1, 0.15) is 13.8 Å². The highest BCUT2D eigenvalue weighted by atomic mass is 16.5. The first kappa shape index (κ1) is 14.8. The number of amidine groups is 1. The first-order chi connectivity index (χ1) is 8.93. The summed E-state index contributed by atoms with van der Waals surface area (Å²) in [7, 11) is 2.84. The van der Waals surface area contributed by atoms with Crippen LogP contribution in [-0.2, 0) is 18.8 Å². The Kier molecular flexibility index (Phi) is 4.74. The summed E-state index contributed by atoms with van der Waals surface area (Å²) in [6.07, 6.45) is 0. The van der Waals surface area contributed by atoms with Crippen LogP contribution in [-0.4, -0.2) is 28.4 Å². The average Bonchev–Trinajstić information content (AvgIpc) is 2.38. The monoisotopic (exact) mass is 270 g/mol. The van der Waals surface area contributed by atoms with Gasteiger partial charge in [-0.2, -0.15) is 4.99 Å². The van der Waals surface area contributed by atoms with Gasteiger partial charge in [-0.1, -0.05) is 0 Å². The number of nitrogens with two attached hydrogens (primary N) is 1. The summed E-state index contributed by atoms with van der Waals surface area (Å²) in [5.74, 6) is 0.00986. The summed E-state index contributed by atoms with van der Waals surface area (Å²) in [6.45, 7) is 4.07. The Morgan fingerprint density at radius 1 is 1.21 bits per heavy atom. The number of nitrogens with zero attached hydrogens (tertiary/aromatic N) is 3. The van der Waals surface area contributed by atoms with E-state index >= 15 is 0 Å². The summed E-state index contributed by atoms with van der Waals surface area (Å²) in [5, 5.41) is 0. The van der Waals surface area contributed by atoms with E-state index in [1.54, 1.807) is 13.8 Å². The first-order valence-corrected chi connectivity index (χ1v) is 5.83. The van der Waals surface area contributed by atoms with Gasteiger partial charge in [-0.15, -0.1) is 0 Å². The third-order valence-corrected chi connectivity index (χ3v) is 2.39. The number of hydrogen-bond acceptors (Lipinski definition) is 5. The maximum Gasteiger partial charge on any atom is 0.332 e. The molecule has 106 valence electrons. The zero-order chi connectivity index (χ0) is 14.6. The Morgan fingerprint density at radius 3 is 2.37 bits per heavy atom. The third-order valence-electron chi connectivity index (χ3n) is 2.39. The second-order valence-corrected chi connectivity index (χ2v) is 3.67. The summed E-state index contributed by atoms with van der Waals surface area (Å²) < 4.78 is 12.4. The van der Waals surface area contributed by atoms with Crippen LogP contribution in [0, 0.1) is 0 Å². The van der Waals surface area contributed by atoms with Gasteiger partial charge in [0.1, 0.15) is 0 Å². The van der Waals surface area contributed by atoms with E-state index in [1.165, 1.54) is 18.7 Å². The van der Waals surface area contributed by atoms with Crippen LogP contribution in [0.15, 0.2) is 14.6 Å². The van der Waals surface area contributed by atoms with E-state index in [9.17, 15) is 9.59 Å². The van der Waals surface area contributed by atoms with E-state index in [-0.39, 0.29) is 24.2 Å². The van der Waals surface area contributed by atoms with Gasteiger partial charge in [0.2, 0.25) is 5.75 Å². The van der Waals surface area contributed by atoms with E-state index in [0.29, 0.717) is 6.61 Å². The maximum absolute atomic E-state index is 12.0. The Hall–Kier alpha value is -2.25. The first-order valence-electron chi connectivity index (χ1n) is 5.83. The molecule has 8 nitrogen and oxygen atoms in total. The lowest BCUT2D eigenvalue weighted by Gasteiger charge is -2.12. The molecule has 0 saturated carbocycles. The molecular weight excluding hydrogens is 252 g/mol. The molecule has 8 heteroatoms. The molecule has 0 radical (unpaired) electrons. The van der Waals surface area contributed by atoms with Crippen molar-refractivity contribution < 1.29 is 9.47 Å². The van der Waals surface area contributed by atoms with Gasteiger partial charge in [-0.05, 0) is 13.8 Å². The zero-order valence-corrected chi connectivity index (χ0v) is 11.5. The van der Waals surface area contributed by atoms with Crippen LogP contribution in [0.4, 0.5) is 5.82 Å². The van der Waals surface area contributed by atoms with Gasteiger partial charge in [-0.25, -0.2) is 4.79 Å². The van der Waals surface area contributed by atoms with Crippen molar-refractivity contribution in [2.24, 2.45) is 24.8 Å². The molecule has 2 N–H and O–H groups in total. The predicted molar refractivity (Wildman–Crippen MR) is 71.0 cm³/mol. The molecule has 0 unspecified atom stereocenters. The highest BCUT2D eigenvalue weighted by molar-refractivity contribution is 5.75. The van der Waals surface area contributed by atoms with E-state index in [1.807, 2.05) is 0 Å². The van der Waals surface area contributed by atoms with Crippen molar-refractivity contribution in [2.75, 3.05) is 13.2 Å². The van der Waals surface area contributed by atoms with Gasteiger partial charge in [0.05, 0.1) is 13.2 Å². The van der Waals surface area contributed by atoms with Gasteiger partial charge in [0, 0.05) is 14.1 Å². The second kappa shape index (κ2) is 6.07. The minimum absolute atomic E-state index is 0.0326. The van der Waals surface area contributed by atoms with Crippen LogP contribution in [0.3, 0.4) is 0 Å². The highest BCUT2D eigenvalue weighted by Gasteiger charge is 2.17. The van der Waals surface area contributed by atoms with Crippen LogP contribution in [0.25, 0.3) is 0 Å². The van der Waals surface area contributed by atoms with Gasteiger partial charge in [-0.3, -0.25) is 13.9 Å². The quantitative estimate of drug-likeness (QED) is 0.585. The van der Waals surface area contributed by atoms with Crippen molar-refractivity contribution in [3.8, 4) is 5.75 Å². The molecule has 0 aliphatic heterocycles. The standard InChI is InChI=1S/C11H18N4O4/c1-5-18-7-8(13-10(12)19-6-2)14(3)11(17)15(4)9(7)16/h5-6H2,1-4H3,(H2,12,13). The average molecular weight is 270 g/mol. The minimum Gasteiger partial charge on any atom is -0.485 e. The molecule has 1 heterocycles. The number of rotatable bonds is 4. The summed E-state index contributed by atoms with van der Waals surface area (Å²) in [6, 6.07) is -0.133. The van der Waals surface area contributed by atoms with Gasteiger partial charge >= 0.3 is 11.2 Å². The zero-order valence-electron chi connectivity index (χ0n) is 11.5. The van der Waals surface area contributed by atoms with Crippen LogP contribution < -0.4 is 21.7 Å². The molecule has 1 rings (SSSR count). The molecule has 0 fully saturated rings. The smallest absolute Gasteiger partial charge is 0.332 e. The number of aromatic nitrogens is 2. The van der Waals surface area contributed by atoms with E-state index in [2.05, 4.69) is 4.99 Å². The molecule has 0 aliphatic rings. The molecule has 0 spiro atoms. The second-order valence-electron chi connectivity index (χ2n) is 3.67. The van der Waals surface area contributed by atoms with Gasteiger partial charge in [0.15, 0.2) is 5.82 Å². The van der Waals surface area contributed by atoms with Crippen molar-refractivity contribution in [2.45, 2.75) is 13.8 Å². The normalized spacial score (nSPS) is 11.5. The Balaban J connectivity index is 3.57. The molecule has 0 bridgehead atoms. The lowest BCUT2D eigenvalue weighted by Crippen LogP contribution is -2.37. The SMILES string of the molecule is CCO/C(N)=N\c1c(OCC)c(=O)n(C)c(=O)n1C. The van der Waals surface area contributed by atoms with E-state index < -0.39 is 11.2 Å². The van der Waals surface area contributed by atoms with Crippen molar-refractivity contribution in [1.29, 1.82) is 0 Å². The summed E-state index contributed by atoms with van der Waals surface area (Å²) >= 11 is 0. The molecular formula is C11H18N4O4. The Bertz CT molecular complexity index is 600. The number of hydrogen-bond donors (Lipinski definition) is 1. The molecule has 0 saturated heterocycles. The van der Waals surface area contributed by atoms with Crippen LogP contribution in [0.2, 0.25) is 0 Å². The molecule has 0 amide bonds. The topological polar surface area (TPSA) is 101 Å². The van der Waals surface area contributed by atoms with Crippen molar-refractivity contribution in [1.82, 2.24) is 9.13 Å². The maximum atomic E-state index is 12.0. The largest absolute Gasteiger partial charge is 0.485 e. The minimum atomic E-state index is -0.562. The summed E-state index contributed by atoms with van der Waals surface area (Å²) in [5.41, 5.74) is 4.46. The molecule has 0 aromatic carbocycles. The molecule has 0 aliphatic carbocycles. The Morgan fingerprint density at radius 2 is 1.84 bits per heavy atom. The fraction of sp³-hybridized carbons (Fsp3) is 0.545. The van der Waals surface area contributed by atoms with Crippen LogP contribution >= 0.6 is 0 Å². The van der Waals surface area contributed by atoms with Crippen molar-refractivity contribution >= 4 is 11.8 Å². The lowest BCUT2D eigenvalue weighted by molar-refractivity contribution is 0.318. The van der Waals surface area contributed by atoms with E-state index in [0.717, 1.165) is 4.57 Å². The van der Waals surface area contributed by atoms with Crippen LogP contribution in [0.5, 0.6) is 5.75 Å². The predicted octanol–water partition coefficient (Wildman–Crippen LogP) is -0.535. The van der Waals surface area contributed by atoms with Gasteiger partial charge in [0.25, 0.3) is 6.02 Å². The third kappa shape index (κ3) is 2.95. The van der Waals surface area contributed by atoms with Crippen molar-refractivity contribution in [3.63, 3.8) is 0 Å². The fourth-order valence-electron chi connectivity index (χ4n) is 1.48. The lowest BCUT2D eigenvalue weighted by atomic mass is 10.5. The fourth-order valence-corrected chi connectivity index (χ4v) is 1.48. The molecule has 0 atom stereocenters. The van der Waals surface area contributed by atoms with Gasteiger partial charge < -0.3 is 15.2 Å². The number of aliphatic imine (C=N–C) groups is 1. The van der Waals surface area contributed by atoms with E-state index in [4.69, 9.17) is 15.2 Å². The summed E-state index contributed by atoms with van der Waals surface area (Å²) in [4.78, 5) is 27.7. The molecule has 1 aromatic rings. The highest BCUT2D eigenvalue weighted by Crippen LogP contribution is 2.20. The molecule has 19 heavy (non-hydrogen) atoms. The molecule has 1 aromatic heterocycles. The Labute approximate surface area is 110 Å².